The lowest BCUT2D eigenvalue weighted by Gasteiger charge is -2.43. The van der Waals surface area contributed by atoms with Crippen LogP contribution in [0.3, 0.4) is 0 Å². The molecule has 0 radical (unpaired) electrons. The van der Waals surface area contributed by atoms with Crippen LogP contribution in [0.4, 0.5) is 0 Å². The van der Waals surface area contributed by atoms with Crippen molar-refractivity contribution < 1.29 is 10.0 Å². The summed E-state index contributed by atoms with van der Waals surface area (Å²) in [6.45, 7) is 5.04. The third-order valence-electron chi connectivity index (χ3n) is 4.99. The van der Waals surface area contributed by atoms with E-state index in [1.807, 2.05) is 0 Å². The number of carbonyl (C=O) groups is 1. The van der Waals surface area contributed by atoms with Crippen LogP contribution in [0.1, 0.15) is 46.0 Å². The van der Waals surface area contributed by atoms with Gasteiger partial charge in [-0.05, 0) is 37.0 Å². The molecule has 5 heteroatoms. The van der Waals surface area contributed by atoms with Crippen LogP contribution in [0.5, 0.6) is 0 Å². The second-order valence-corrected chi connectivity index (χ2v) is 6.46. The average molecular weight is 267 g/mol. The van der Waals surface area contributed by atoms with Gasteiger partial charge >= 0.3 is 0 Å². The molecule has 0 aromatic heterocycles. The number of nitrogens with zero attached hydrogens (tertiary/aromatic N) is 1. The third kappa shape index (κ3) is 2.55. The fourth-order valence-electron chi connectivity index (χ4n) is 3.65. The zero-order valence-electron chi connectivity index (χ0n) is 11.9. The fourth-order valence-corrected chi connectivity index (χ4v) is 3.65. The van der Waals surface area contributed by atoms with Crippen LogP contribution in [0.25, 0.3) is 0 Å². The maximum Gasteiger partial charge on any atom is 0.233 e. The van der Waals surface area contributed by atoms with Crippen molar-refractivity contribution in [3.8, 4) is 0 Å². The summed E-state index contributed by atoms with van der Waals surface area (Å²) in [6.07, 6.45) is 5.05. The van der Waals surface area contributed by atoms with E-state index in [2.05, 4.69) is 24.3 Å². The smallest absolute Gasteiger partial charge is 0.233 e. The van der Waals surface area contributed by atoms with Gasteiger partial charge in [0, 0.05) is 6.54 Å². The molecule has 0 saturated heterocycles. The van der Waals surface area contributed by atoms with Crippen molar-refractivity contribution in [2.75, 3.05) is 6.54 Å². The van der Waals surface area contributed by atoms with E-state index in [1.165, 1.54) is 19.3 Å². The van der Waals surface area contributed by atoms with Gasteiger partial charge in [-0.3, -0.25) is 4.79 Å². The number of hydrogen-bond donors (Lipinski definition) is 3. The highest BCUT2D eigenvalue weighted by Gasteiger charge is 2.52. The number of nitrogens with two attached hydrogens (primary N) is 1. The van der Waals surface area contributed by atoms with E-state index in [1.54, 1.807) is 0 Å². The topological polar surface area (TPSA) is 87.7 Å². The average Bonchev–Trinajstić information content (AvgIpc) is 2.76. The minimum absolute atomic E-state index is 0.0579. The second kappa shape index (κ2) is 5.39. The zero-order valence-corrected chi connectivity index (χ0v) is 11.9. The highest BCUT2D eigenvalue weighted by molar-refractivity contribution is 6.07. The lowest BCUT2D eigenvalue weighted by Crippen LogP contribution is -2.57. The van der Waals surface area contributed by atoms with Crippen LogP contribution in [-0.4, -0.2) is 23.5 Å². The molecule has 0 aromatic rings. The first-order chi connectivity index (χ1) is 8.99. The first kappa shape index (κ1) is 14.2. The van der Waals surface area contributed by atoms with Gasteiger partial charge in [0.25, 0.3) is 0 Å². The van der Waals surface area contributed by atoms with Gasteiger partial charge in [0.2, 0.25) is 5.91 Å². The normalized spacial score (nSPS) is 38.8. The van der Waals surface area contributed by atoms with Crippen molar-refractivity contribution in [2.45, 2.75) is 46.0 Å². The standard InChI is InChI=1S/C14H25N3O2/c1-9-6-14(7-9,12(15)17-19)13(18)16-8-11-5-3-4-10(11)2/h9-11,19H,3-8H2,1-2H3,(H2,15,17)(H,16,18). The minimum Gasteiger partial charge on any atom is -0.409 e. The molecular weight excluding hydrogens is 242 g/mol. The number of nitrogens with one attached hydrogen (secondary N) is 1. The summed E-state index contributed by atoms with van der Waals surface area (Å²) in [5, 5.41) is 15.0. The summed E-state index contributed by atoms with van der Waals surface area (Å²) >= 11 is 0. The van der Waals surface area contributed by atoms with Gasteiger partial charge < -0.3 is 16.3 Å². The molecule has 0 spiro atoms. The van der Waals surface area contributed by atoms with E-state index in [0.29, 0.717) is 30.6 Å². The van der Waals surface area contributed by atoms with Crippen LogP contribution >= 0.6 is 0 Å². The van der Waals surface area contributed by atoms with E-state index < -0.39 is 5.41 Å². The number of amidine groups is 1. The molecule has 1 amide bonds. The van der Waals surface area contributed by atoms with Crippen LogP contribution < -0.4 is 11.1 Å². The molecule has 2 unspecified atom stereocenters. The molecule has 0 aromatic carbocycles. The largest absolute Gasteiger partial charge is 0.409 e. The Morgan fingerprint density at radius 3 is 2.58 bits per heavy atom. The van der Waals surface area contributed by atoms with Crippen LogP contribution in [0.15, 0.2) is 5.16 Å². The Morgan fingerprint density at radius 1 is 1.42 bits per heavy atom. The van der Waals surface area contributed by atoms with Crippen LogP contribution in [-0.2, 0) is 4.79 Å². The van der Waals surface area contributed by atoms with E-state index in [4.69, 9.17) is 10.9 Å². The Bertz CT molecular complexity index is 375. The van der Waals surface area contributed by atoms with Gasteiger partial charge in [-0.2, -0.15) is 0 Å². The Hall–Kier alpha value is -1.26. The monoisotopic (exact) mass is 267 g/mol. The first-order valence-electron chi connectivity index (χ1n) is 7.26. The van der Waals surface area contributed by atoms with Crippen molar-refractivity contribution in [3.05, 3.63) is 0 Å². The van der Waals surface area contributed by atoms with Gasteiger partial charge in [-0.15, -0.1) is 0 Å². The minimum atomic E-state index is -0.768. The molecule has 2 fully saturated rings. The molecule has 2 saturated carbocycles. The second-order valence-electron chi connectivity index (χ2n) is 6.46. The molecule has 2 aliphatic carbocycles. The predicted molar refractivity (Wildman–Crippen MR) is 73.8 cm³/mol. The maximum absolute atomic E-state index is 12.4. The summed E-state index contributed by atoms with van der Waals surface area (Å²) in [4.78, 5) is 12.4. The third-order valence-corrected chi connectivity index (χ3v) is 4.99. The summed E-state index contributed by atoms with van der Waals surface area (Å²) in [5.74, 6) is 1.70. The Kier molecular flexibility index (Phi) is 4.02. The molecule has 108 valence electrons. The fraction of sp³-hybridized carbons (Fsp3) is 0.857. The van der Waals surface area contributed by atoms with Crippen LogP contribution in [0.2, 0.25) is 0 Å². The maximum atomic E-state index is 12.4. The summed E-state index contributed by atoms with van der Waals surface area (Å²) in [6, 6.07) is 0. The highest BCUT2D eigenvalue weighted by Crippen LogP contribution is 2.46. The molecule has 2 atom stereocenters. The SMILES string of the molecule is CC1CC(C(=O)NCC2CCCC2C)(C(N)=NO)C1. The zero-order chi connectivity index (χ0) is 14.0. The summed E-state index contributed by atoms with van der Waals surface area (Å²) in [5.41, 5.74) is 4.96. The number of carbonyl (C=O) groups excluding carboxylic acids is 1. The molecule has 0 bridgehead atoms. The molecule has 5 nitrogen and oxygen atoms in total. The number of rotatable bonds is 4. The van der Waals surface area contributed by atoms with Gasteiger partial charge in [-0.25, -0.2) is 0 Å². The van der Waals surface area contributed by atoms with Gasteiger partial charge in [0.05, 0.1) is 0 Å². The number of amides is 1. The first-order valence-corrected chi connectivity index (χ1v) is 7.26. The predicted octanol–water partition coefficient (Wildman–Crippen LogP) is 1.70. The van der Waals surface area contributed by atoms with Crippen molar-refractivity contribution in [3.63, 3.8) is 0 Å². The molecule has 2 aliphatic rings. The summed E-state index contributed by atoms with van der Waals surface area (Å²) in [7, 11) is 0. The lowest BCUT2D eigenvalue weighted by molar-refractivity contribution is -0.133. The molecule has 19 heavy (non-hydrogen) atoms. The Balaban J connectivity index is 1.94. The highest BCUT2D eigenvalue weighted by atomic mass is 16.4. The van der Waals surface area contributed by atoms with Gasteiger partial charge in [-0.1, -0.05) is 31.8 Å². The van der Waals surface area contributed by atoms with Crippen LogP contribution in [0, 0.1) is 23.2 Å². The molecule has 0 heterocycles. The van der Waals surface area contributed by atoms with E-state index in [9.17, 15) is 4.79 Å². The van der Waals surface area contributed by atoms with Crippen molar-refractivity contribution in [1.29, 1.82) is 0 Å². The molecular formula is C14H25N3O2. The van der Waals surface area contributed by atoms with Gasteiger partial charge in [0.15, 0.2) is 5.84 Å². The van der Waals surface area contributed by atoms with Crippen molar-refractivity contribution >= 4 is 11.7 Å². The van der Waals surface area contributed by atoms with E-state index in [-0.39, 0.29) is 11.7 Å². The van der Waals surface area contributed by atoms with Crippen molar-refractivity contribution in [1.82, 2.24) is 5.32 Å². The quantitative estimate of drug-likeness (QED) is 0.313. The van der Waals surface area contributed by atoms with E-state index in [0.717, 1.165) is 6.54 Å². The molecule has 0 aliphatic heterocycles. The van der Waals surface area contributed by atoms with Gasteiger partial charge in [0.1, 0.15) is 5.41 Å². The summed E-state index contributed by atoms with van der Waals surface area (Å²) < 4.78 is 0. The Labute approximate surface area is 114 Å². The number of hydrogen-bond acceptors (Lipinski definition) is 3. The molecule has 4 N–H and O–H groups in total. The lowest BCUT2D eigenvalue weighted by atomic mass is 9.61. The molecule has 2 rings (SSSR count). The number of oxime groups is 1. The van der Waals surface area contributed by atoms with E-state index >= 15 is 0 Å². The van der Waals surface area contributed by atoms with Crippen molar-refractivity contribution in [2.24, 2.45) is 34.1 Å². The Morgan fingerprint density at radius 2 is 2.11 bits per heavy atom.